The van der Waals surface area contributed by atoms with Crippen molar-refractivity contribution in [1.82, 2.24) is 15.3 Å². The van der Waals surface area contributed by atoms with Gasteiger partial charge in [0.05, 0.1) is 24.0 Å². The normalized spacial score (nSPS) is 13.5. The Balaban J connectivity index is 1.42. The van der Waals surface area contributed by atoms with E-state index in [1.54, 1.807) is 17.5 Å². The lowest BCUT2D eigenvalue weighted by molar-refractivity contribution is -0.119. The molecule has 3 aromatic rings. The molecule has 2 aromatic heterocycles. The Morgan fingerprint density at radius 3 is 2.81 bits per heavy atom. The molecule has 1 aliphatic carbocycles. The van der Waals surface area contributed by atoms with E-state index >= 15 is 0 Å². The molecule has 2 heterocycles. The highest BCUT2D eigenvalue weighted by Gasteiger charge is 2.21. The van der Waals surface area contributed by atoms with Crippen LogP contribution in [0, 0.1) is 5.92 Å². The number of amides is 1. The van der Waals surface area contributed by atoms with Crippen LogP contribution in [0.1, 0.15) is 19.8 Å². The number of nitrogens with one attached hydrogen (secondary N) is 1. The second-order valence-electron chi connectivity index (χ2n) is 6.62. The van der Waals surface area contributed by atoms with Gasteiger partial charge in [0.15, 0.2) is 0 Å². The third kappa shape index (κ3) is 4.74. The van der Waals surface area contributed by atoms with Gasteiger partial charge in [-0.1, -0.05) is 0 Å². The lowest BCUT2D eigenvalue weighted by Crippen LogP contribution is -2.25. The van der Waals surface area contributed by atoms with E-state index in [9.17, 15) is 4.79 Å². The van der Waals surface area contributed by atoms with Crippen LogP contribution in [-0.4, -0.2) is 35.6 Å². The molecule has 0 spiro atoms. The van der Waals surface area contributed by atoms with Crippen molar-refractivity contribution in [3.05, 3.63) is 36.5 Å². The Labute approximate surface area is 161 Å². The van der Waals surface area contributed by atoms with Gasteiger partial charge in [0.1, 0.15) is 22.9 Å². The molecule has 27 heavy (non-hydrogen) atoms. The van der Waals surface area contributed by atoms with Crippen LogP contribution in [0.3, 0.4) is 0 Å². The van der Waals surface area contributed by atoms with Gasteiger partial charge < -0.3 is 14.8 Å². The van der Waals surface area contributed by atoms with E-state index in [1.807, 2.05) is 30.3 Å². The van der Waals surface area contributed by atoms with Gasteiger partial charge in [-0.15, -0.1) is 11.3 Å². The molecule has 6 nitrogen and oxygen atoms in total. The molecule has 7 heteroatoms. The number of pyridine rings is 1. The van der Waals surface area contributed by atoms with Crippen LogP contribution >= 0.6 is 11.3 Å². The summed E-state index contributed by atoms with van der Waals surface area (Å²) in [6.45, 7) is 3.13. The van der Waals surface area contributed by atoms with Crippen molar-refractivity contribution >= 4 is 27.5 Å². The molecule has 1 aliphatic rings. The average Bonchev–Trinajstić information content (AvgIpc) is 3.41. The number of fused-ring (bicyclic) bond motifs is 1. The van der Waals surface area contributed by atoms with E-state index in [4.69, 9.17) is 9.47 Å². The fourth-order valence-electron chi connectivity index (χ4n) is 2.59. The van der Waals surface area contributed by atoms with Crippen LogP contribution in [0.25, 0.3) is 20.8 Å². The van der Waals surface area contributed by atoms with Crippen LogP contribution in [-0.2, 0) is 4.79 Å². The Bertz CT molecular complexity index is 935. The Hall–Kier alpha value is -2.67. The second kappa shape index (κ2) is 7.92. The Morgan fingerprint density at radius 1 is 1.26 bits per heavy atom. The van der Waals surface area contributed by atoms with E-state index < -0.39 is 0 Å². The third-order valence-corrected chi connectivity index (χ3v) is 5.33. The fourth-order valence-corrected chi connectivity index (χ4v) is 3.56. The van der Waals surface area contributed by atoms with Crippen molar-refractivity contribution in [1.29, 1.82) is 0 Å². The molecular formula is C20H21N3O3S. The standard InChI is InChI=1S/C20H21N3O3S/c1-13(24)21-8-9-25-19-10-18-17(11-22-19)23-20(27-18)15-4-6-16(7-5-15)26-12-14-2-3-14/h4-7,10-11,14H,2-3,8-9,12H2,1H3,(H,21,24). The van der Waals surface area contributed by atoms with E-state index in [-0.39, 0.29) is 5.91 Å². The van der Waals surface area contributed by atoms with Gasteiger partial charge in [-0.2, -0.15) is 0 Å². The zero-order valence-electron chi connectivity index (χ0n) is 15.1. The molecule has 0 saturated heterocycles. The number of thiazole rings is 1. The molecule has 1 N–H and O–H groups in total. The first kappa shape index (κ1) is 17.7. The minimum atomic E-state index is -0.0712. The van der Waals surface area contributed by atoms with Crippen molar-refractivity contribution in [3.8, 4) is 22.2 Å². The molecule has 1 saturated carbocycles. The lowest BCUT2D eigenvalue weighted by Gasteiger charge is -2.05. The molecule has 140 valence electrons. The lowest BCUT2D eigenvalue weighted by atomic mass is 10.2. The van der Waals surface area contributed by atoms with Gasteiger partial charge in [-0.05, 0) is 43.0 Å². The summed E-state index contributed by atoms with van der Waals surface area (Å²) in [5.74, 6) is 2.12. The van der Waals surface area contributed by atoms with Gasteiger partial charge in [-0.25, -0.2) is 9.97 Å². The van der Waals surface area contributed by atoms with Crippen molar-refractivity contribution in [2.45, 2.75) is 19.8 Å². The van der Waals surface area contributed by atoms with Gasteiger partial charge in [0, 0.05) is 18.6 Å². The Kier molecular flexibility index (Phi) is 5.20. The number of rotatable bonds is 8. The highest BCUT2D eigenvalue weighted by molar-refractivity contribution is 7.21. The van der Waals surface area contributed by atoms with Gasteiger partial charge in [0.2, 0.25) is 11.8 Å². The molecule has 0 radical (unpaired) electrons. The van der Waals surface area contributed by atoms with Crippen molar-refractivity contribution < 1.29 is 14.3 Å². The number of ether oxygens (including phenoxy) is 2. The molecular weight excluding hydrogens is 362 g/mol. The van der Waals surface area contributed by atoms with Crippen LogP contribution in [0.5, 0.6) is 11.6 Å². The molecule has 1 aromatic carbocycles. The number of hydrogen-bond donors (Lipinski definition) is 1. The summed E-state index contributed by atoms with van der Waals surface area (Å²) in [5, 5.41) is 3.63. The van der Waals surface area contributed by atoms with Gasteiger partial charge in [-0.3, -0.25) is 4.79 Å². The maximum absolute atomic E-state index is 10.9. The molecule has 1 amide bonds. The zero-order chi connectivity index (χ0) is 18.6. The summed E-state index contributed by atoms with van der Waals surface area (Å²) in [4.78, 5) is 19.8. The molecule has 0 aliphatic heterocycles. The van der Waals surface area contributed by atoms with E-state index in [0.29, 0.717) is 19.0 Å². The number of carbonyl (C=O) groups excluding carboxylic acids is 1. The van der Waals surface area contributed by atoms with E-state index in [1.165, 1.54) is 19.8 Å². The van der Waals surface area contributed by atoms with E-state index in [0.717, 1.165) is 39.1 Å². The first-order chi connectivity index (χ1) is 13.2. The molecule has 0 bridgehead atoms. The summed E-state index contributed by atoms with van der Waals surface area (Å²) in [5.41, 5.74) is 1.90. The number of benzene rings is 1. The smallest absolute Gasteiger partial charge is 0.216 e. The molecule has 0 atom stereocenters. The summed E-state index contributed by atoms with van der Waals surface area (Å²) in [7, 11) is 0. The van der Waals surface area contributed by atoms with Gasteiger partial charge >= 0.3 is 0 Å². The van der Waals surface area contributed by atoms with Crippen LogP contribution < -0.4 is 14.8 Å². The first-order valence-electron chi connectivity index (χ1n) is 9.04. The topological polar surface area (TPSA) is 73.3 Å². The van der Waals surface area contributed by atoms with E-state index in [2.05, 4.69) is 15.3 Å². The molecule has 4 rings (SSSR count). The van der Waals surface area contributed by atoms with Gasteiger partial charge in [0.25, 0.3) is 0 Å². The monoisotopic (exact) mass is 383 g/mol. The SMILES string of the molecule is CC(=O)NCCOc1cc2sc(-c3ccc(OCC4CC4)cc3)nc2cn1. The minimum Gasteiger partial charge on any atom is -0.493 e. The number of nitrogens with zero attached hydrogens (tertiary/aromatic N) is 2. The maximum atomic E-state index is 10.9. The second-order valence-corrected chi connectivity index (χ2v) is 7.65. The number of hydrogen-bond acceptors (Lipinski definition) is 6. The largest absolute Gasteiger partial charge is 0.493 e. The quantitative estimate of drug-likeness (QED) is 0.601. The molecule has 0 unspecified atom stereocenters. The highest BCUT2D eigenvalue weighted by atomic mass is 32.1. The first-order valence-corrected chi connectivity index (χ1v) is 9.86. The zero-order valence-corrected chi connectivity index (χ0v) is 15.9. The Morgan fingerprint density at radius 2 is 2.07 bits per heavy atom. The number of aromatic nitrogens is 2. The number of carbonyl (C=O) groups is 1. The summed E-state index contributed by atoms with van der Waals surface area (Å²) < 4.78 is 12.4. The highest BCUT2D eigenvalue weighted by Crippen LogP contribution is 2.33. The van der Waals surface area contributed by atoms with Crippen LogP contribution in [0.15, 0.2) is 36.5 Å². The predicted molar refractivity (Wildman–Crippen MR) is 105 cm³/mol. The van der Waals surface area contributed by atoms with Crippen molar-refractivity contribution in [2.24, 2.45) is 5.92 Å². The van der Waals surface area contributed by atoms with Crippen LogP contribution in [0.2, 0.25) is 0 Å². The van der Waals surface area contributed by atoms with Crippen molar-refractivity contribution in [3.63, 3.8) is 0 Å². The third-order valence-electron chi connectivity index (χ3n) is 4.26. The average molecular weight is 383 g/mol. The summed E-state index contributed by atoms with van der Waals surface area (Å²) >= 11 is 1.60. The molecule has 1 fully saturated rings. The summed E-state index contributed by atoms with van der Waals surface area (Å²) in [6.07, 6.45) is 4.30. The maximum Gasteiger partial charge on any atom is 0.216 e. The summed E-state index contributed by atoms with van der Waals surface area (Å²) in [6, 6.07) is 9.96. The van der Waals surface area contributed by atoms with Crippen molar-refractivity contribution in [2.75, 3.05) is 19.8 Å². The predicted octanol–water partition coefficient (Wildman–Crippen LogP) is 3.66. The minimum absolute atomic E-state index is 0.0712. The van der Waals surface area contributed by atoms with Crippen LogP contribution in [0.4, 0.5) is 0 Å². The fraction of sp³-hybridized carbons (Fsp3) is 0.350.